The van der Waals surface area contributed by atoms with E-state index in [-0.39, 0.29) is 34.3 Å². The molecule has 0 saturated carbocycles. The highest BCUT2D eigenvalue weighted by atomic mass is 19.2. The molecular weight excluding hydrogens is 740 g/mol. The quantitative estimate of drug-likeness (QED) is 0.0832. The molecule has 0 fully saturated rings. The van der Waals surface area contributed by atoms with Crippen molar-refractivity contribution in [1.29, 1.82) is 0 Å². The van der Waals surface area contributed by atoms with Crippen LogP contribution in [0.1, 0.15) is 47.3 Å². The van der Waals surface area contributed by atoms with E-state index in [0.717, 1.165) is 35.7 Å². The van der Waals surface area contributed by atoms with Gasteiger partial charge in [-0.15, -0.1) is 0 Å². The lowest BCUT2D eigenvalue weighted by atomic mass is 9.97. The van der Waals surface area contributed by atoms with E-state index < -0.39 is 45.3 Å². The summed E-state index contributed by atoms with van der Waals surface area (Å²) < 4.78 is 77.9. The van der Waals surface area contributed by atoms with Gasteiger partial charge in [0.15, 0.2) is 23.3 Å². The first kappa shape index (κ1) is 37.2. The zero-order chi connectivity index (χ0) is 39.3. The highest BCUT2D eigenvalue weighted by Crippen LogP contribution is 2.40. The van der Waals surface area contributed by atoms with Crippen molar-refractivity contribution in [2.75, 3.05) is 0 Å². The van der Waals surface area contributed by atoms with Gasteiger partial charge in [-0.2, -0.15) is 0 Å². The fourth-order valence-corrected chi connectivity index (χ4v) is 6.16. The van der Waals surface area contributed by atoms with Crippen LogP contribution in [0.25, 0.3) is 0 Å². The smallest absolute Gasteiger partial charge is 0.287 e. The van der Waals surface area contributed by atoms with Crippen molar-refractivity contribution in [2.24, 2.45) is 0 Å². The summed E-state index contributed by atoms with van der Waals surface area (Å²) in [5.74, 6) is -0.979. The molecule has 4 aromatic carbocycles. The highest BCUT2D eigenvalue weighted by Gasteiger charge is 2.27. The Morgan fingerprint density at radius 2 is 1.02 bits per heavy atom. The lowest BCUT2D eigenvalue weighted by molar-refractivity contribution is -0.385. The number of fused-ring (bicyclic) bond motifs is 2. The van der Waals surface area contributed by atoms with Crippen LogP contribution >= 0.6 is 0 Å². The second-order valence-electron chi connectivity index (χ2n) is 12.5. The summed E-state index contributed by atoms with van der Waals surface area (Å²) in [6.07, 6.45) is 3.29. The summed E-state index contributed by atoms with van der Waals surface area (Å²) in [6, 6.07) is 23.8. The van der Waals surface area contributed by atoms with Gasteiger partial charge in [0.25, 0.3) is 11.4 Å². The zero-order valence-electron chi connectivity index (χ0n) is 28.9. The molecule has 0 spiro atoms. The Hall–Kier alpha value is -7.10. The molecule has 16 heteroatoms. The number of benzene rings is 4. The minimum atomic E-state index is -0.897. The Labute approximate surface area is 315 Å². The number of nitrogens with zero attached hydrogens (tertiary/aromatic N) is 4. The van der Waals surface area contributed by atoms with E-state index >= 15 is 0 Å². The molecule has 12 nitrogen and oxygen atoms in total. The van der Waals surface area contributed by atoms with E-state index in [1.54, 1.807) is 36.4 Å². The Kier molecular flexibility index (Phi) is 10.7. The maximum absolute atomic E-state index is 14.0. The molecule has 2 aliphatic rings. The Morgan fingerprint density at radius 3 is 1.39 bits per heavy atom. The number of hydrogen-bond donors (Lipinski definition) is 0. The summed E-state index contributed by atoms with van der Waals surface area (Å²) >= 11 is 0. The van der Waals surface area contributed by atoms with Crippen molar-refractivity contribution in [1.82, 2.24) is 9.97 Å². The topological polar surface area (TPSA) is 149 Å². The van der Waals surface area contributed by atoms with Crippen molar-refractivity contribution >= 4 is 11.4 Å². The van der Waals surface area contributed by atoms with Gasteiger partial charge >= 0.3 is 0 Å². The minimum Gasteiger partial charge on any atom is -0.485 e. The van der Waals surface area contributed by atoms with Crippen LogP contribution in [0.2, 0.25) is 0 Å². The van der Waals surface area contributed by atoms with Crippen molar-refractivity contribution in [3.63, 3.8) is 0 Å². The third kappa shape index (κ3) is 8.33. The lowest BCUT2D eigenvalue weighted by Crippen LogP contribution is -2.17. The molecule has 2 unspecified atom stereocenters. The molecular formula is C40H28F4N4O8. The van der Waals surface area contributed by atoms with Crippen LogP contribution in [0.3, 0.4) is 0 Å². The maximum Gasteiger partial charge on any atom is 0.287 e. The maximum atomic E-state index is 14.0. The zero-order valence-corrected chi connectivity index (χ0v) is 28.9. The third-order valence-electron chi connectivity index (χ3n) is 8.92. The first-order valence-electron chi connectivity index (χ1n) is 17.1. The SMILES string of the molecule is O=[N+]([O-])c1ccc(Oc2ccc3c(c2)CCC(c2cccc(F)c2F)O3)nc1.O=[N+]([O-])c1ccc(Oc2ccc3c(c2)CCC(c2cccc(F)c2F)O3)nc1. The number of aromatic nitrogens is 2. The van der Waals surface area contributed by atoms with E-state index in [4.69, 9.17) is 18.9 Å². The first-order valence-corrected chi connectivity index (χ1v) is 17.1. The van der Waals surface area contributed by atoms with E-state index in [0.29, 0.717) is 48.7 Å². The number of aryl methyl sites for hydroxylation is 2. The average Bonchev–Trinajstić information content (AvgIpc) is 3.20. The van der Waals surface area contributed by atoms with E-state index in [1.807, 2.05) is 0 Å². The van der Waals surface area contributed by atoms with Crippen LogP contribution in [-0.2, 0) is 12.8 Å². The predicted octanol–water partition coefficient (Wildman–Crippen LogP) is 10.3. The molecule has 2 aliphatic heterocycles. The second-order valence-corrected chi connectivity index (χ2v) is 12.5. The van der Waals surface area contributed by atoms with Crippen LogP contribution in [0.4, 0.5) is 28.9 Å². The van der Waals surface area contributed by atoms with Gasteiger partial charge in [-0.1, -0.05) is 24.3 Å². The average molecular weight is 769 g/mol. The van der Waals surface area contributed by atoms with Gasteiger partial charge in [0.05, 0.1) is 9.85 Å². The van der Waals surface area contributed by atoms with E-state index in [9.17, 15) is 37.8 Å². The van der Waals surface area contributed by atoms with Crippen LogP contribution in [-0.4, -0.2) is 19.8 Å². The molecule has 6 aromatic rings. The summed E-state index contributed by atoms with van der Waals surface area (Å²) in [6.45, 7) is 0. The molecule has 0 bridgehead atoms. The fraction of sp³-hybridized carbons (Fsp3) is 0.150. The van der Waals surface area contributed by atoms with Gasteiger partial charge in [-0.05, 0) is 85.3 Å². The molecule has 284 valence electrons. The second kappa shape index (κ2) is 16.1. The molecule has 2 atom stereocenters. The summed E-state index contributed by atoms with van der Waals surface area (Å²) in [4.78, 5) is 28.1. The van der Waals surface area contributed by atoms with Crippen LogP contribution in [0, 0.1) is 43.5 Å². The van der Waals surface area contributed by atoms with Crippen molar-refractivity contribution in [2.45, 2.75) is 37.9 Å². The van der Waals surface area contributed by atoms with Gasteiger partial charge in [0.2, 0.25) is 11.8 Å². The molecule has 0 aliphatic carbocycles. The van der Waals surface area contributed by atoms with Gasteiger partial charge in [-0.25, -0.2) is 27.5 Å². The number of ether oxygens (including phenoxy) is 4. The van der Waals surface area contributed by atoms with E-state index in [2.05, 4.69) is 9.97 Å². The van der Waals surface area contributed by atoms with Crippen molar-refractivity contribution < 1.29 is 46.4 Å². The molecule has 4 heterocycles. The summed E-state index contributed by atoms with van der Waals surface area (Å²) in [5, 5.41) is 21.3. The van der Waals surface area contributed by atoms with E-state index in [1.165, 1.54) is 48.5 Å². The largest absolute Gasteiger partial charge is 0.485 e. The van der Waals surface area contributed by atoms with Crippen LogP contribution in [0.15, 0.2) is 109 Å². The standard InChI is InChI=1S/2C20H14F2N2O4/c2*21-16-3-1-2-15(20(16)22)18-7-4-12-10-14(6-8-17(12)28-18)27-19-9-5-13(11-23-19)24(25)26/h2*1-3,5-6,8-11,18H,4,7H2. The third-order valence-corrected chi connectivity index (χ3v) is 8.92. The molecule has 0 N–H and O–H groups in total. The van der Waals surface area contributed by atoms with Gasteiger partial charge in [0.1, 0.15) is 47.6 Å². The molecule has 8 rings (SSSR count). The number of nitro groups is 2. The Bertz CT molecular complexity index is 2250. The lowest BCUT2D eigenvalue weighted by Gasteiger charge is -2.27. The van der Waals surface area contributed by atoms with Gasteiger partial charge in [0, 0.05) is 35.4 Å². The van der Waals surface area contributed by atoms with Crippen LogP contribution in [0.5, 0.6) is 34.8 Å². The minimum absolute atomic E-state index is 0.123. The molecule has 0 radical (unpaired) electrons. The fourth-order valence-electron chi connectivity index (χ4n) is 6.16. The van der Waals surface area contributed by atoms with Gasteiger partial charge in [-0.3, -0.25) is 20.2 Å². The highest BCUT2D eigenvalue weighted by molar-refractivity contribution is 5.45. The van der Waals surface area contributed by atoms with Gasteiger partial charge < -0.3 is 18.9 Å². The number of rotatable bonds is 8. The van der Waals surface area contributed by atoms with Crippen molar-refractivity contribution in [3.8, 4) is 34.8 Å². The molecule has 2 aromatic heterocycles. The molecule has 56 heavy (non-hydrogen) atoms. The molecule has 0 amide bonds. The molecule has 0 saturated heterocycles. The number of hydrogen-bond acceptors (Lipinski definition) is 10. The van der Waals surface area contributed by atoms with Crippen LogP contribution < -0.4 is 18.9 Å². The summed E-state index contributed by atoms with van der Waals surface area (Å²) in [5.41, 5.74) is 1.88. The first-order chi connectivity index (χ1) is 27.0. The monoisotopic (exact) mass is 768 g/mol. The van der Waals surface area contributed by atoms with Crippen molar-refractivity contribution in [3.05, 3.63) is 175 Å². The predicted molar refractivity (Wildman–Crippen MR) is 191 cm³/mol. The Balaban J connectivity index is 0.000000172. The Morgan fingerprint density at radius 1 is 0.589 bits per heavy atom. The number of halogens is 4. The number of pyridine rings is 2. The normalized spacial score (nSPS) is 15.4. The summed E-state index contributed by atoms with van der Waals surface area (Å²) in [7, 11) is 0.